The van der Waals surface area contributed by atoms with Crippen LogP contribution in [-0.2, 0) is 16.1 Å². The van der Waals surface area contributed by atoms with Crippen molar-refractivity contribution in [1.29, 1.82) is 0 Å². The van der Waals surface area contributed by atoms with Crippen LogP contribution < -0.4 is 5.32 Å². The van der Waals surface area contributed by atoms with Crippen molar-refractivity contribution in [1.82, 2.24) is 25.1 Å². The maximum absolute atomic E-state index is 12.8. The second-order valence-corrected chi connectivity index (χ2v) is 7.05. The molecule has 3 heterocycles. The van der Waals surface area contributed by atoms with Crippen molar-refractivity contribution in [2.75, 3.05) is 20.8 Å². The summed E-state index contributed by atoms with van der Waals surface area (Å²) in [6, 6.07) is 5.74. The van der Waals surface area contributed by atoms with Gasteiger partial charge in [-0.25, -0.2) is 9.97 Å². The normalized spacial score (nSPS) is 12.1. The molecular weight excluding hydrogens is 378 g/mol. The zero-order chi connectivity index (χ0) is 19.9. The molecule has 0 saturated carbocycles. The van der Waals surface area contributed by atoms with Gasteiger partial charge in [0.2, 0.25) is 0 Å². The molecule has 148 valence electrons. The molecule has 0 aliphatic rings. The summed E-state index contributed by atoms with van der Waals surface area (Å²) in [7, 11) is 3.18. The van der Waals surface area contributed by atoms with E-state index in [2.05, 4.69) is 20.4 Å². The Kier molecular flexibility index (Phi) is 6.85. The number of nitrogens with one attached hydrogen (secondary N) is 1. The number of ether oxygens (including phenoxy) is 2. The van der Waals surface area contributed by atoms with Gasteiger partial charge in [-0.3, -0.25) is 4.79 Å². The van der Waals surface area contributed by atoms with E-state index in [9.17, 15) is 4.79 Å². The van der Waals surface area contributed by atoms with Gasteiger partial charge in [-0.15, -0.1) is 11.3 Å². The Balaban J connectivity index is 1.93. The number of nitrogens with zero attached hydrogens (tertiary/aromatic N) is 4. The highest BCUT2D eigenvalue weighted by Gasteiger charge is 2.21. The van der Waals surface area contributed by atoms with E-state index in [-0.39, 0.29) is 18.6 Å². The van der Waals surface area contributed by atoms with Crippen LogP contribution in [-0.4, -0.2) is 52.5 Å². The van der Waals surface area contributed by atoms with Crippen LogP contribution >= 0.6 is 11.3 Å². The number of hydrogen-bond acceptors (Lipinski definition) is 7. The highest BCUT2D eigenvalue weighted by Crippen LogP contribution is 2.23. The van der Waals surface area contributed by atoms with Crippen LogP contribution in [0.4, 0.5) is 0 Å². The average molecular weight is 401 g/mol. The van der Waals surface area contributed by atoms with Gasteiger partial charge in [-0.05, 0) is 23.9 Å². The summed E-state index contributed by atoms with van der Waals surface area (Å²) in [5.74, 6) is 0.164. The number of methoxy groups -OCH3 is 2. The van der Waals surface area contributed by atoms with E-state index in [1.807, 2.05) is 30.5 Å². The van der Waals surface area contributed by atoms with Gasteiger partial charge in [0.1, 0.15) is 0 Å². The van der Waals surface area contributed by atoms with Gasteiger partial charge in [0.25, 0.3) is 11.9 Å². The molecule has 0 spiro atoms. The Morgan fingerprint density at radius 1 is 1.32 bits per heavy atom. The molecule has 1 unspecified atom stereocenters. The van der Waals surface area contributed by atoms with E-state index < -0.39 is 0 Å². The number of thiophene rings is 1. The Bertz CT molecular complexity index is 910. The van der Waals surface area contributed by atoms with Gasteiger partial charge in [-0.2, -0.15) is 9.78 Å². The number of amides is 1. The molecule has 1 N–H and O–H groups in total. The van der Waals surface area contributed by atoms with E-state index in [0.717, 1.165) is 17.0 Å². The maximum Gasteiger partial charge on any atom is 0.255 e. The third-order valence-corrected chi connectivity index (χ3v) is 5.09. The van der Waals surface area contributed by atoms with Crippen LogP contribution in [0, 0.1) is 0 Å². The van der Waals surface area contributed by atoms with Crippen LogP contribution in [0.3, 0.4) is 0 Å². The zero-order valence-corrected chi connectivity index (χ0v) is 16.9. The standard InChI is InChI=1S/C19H23N5O3S/c1-4-13(11-26-2)22-18(25)14-10-21-24(16(14)12-27-3)19-20-8-7-15(23-19)17-6-5-9-28-17/h5-10,13H,4,11-12H2,1-3H3,(H,22,25). The second kappa shape index (κ2) is 9.54. The molecule has 1 atom stereocenters. The Hall–Kier alpha value is -2.62. The van der Waals surface area contributed by atoms with Crippen LogP contribution in [0.5, 0.6) is 0 Å². The average Bonchev–Trinajstić information content (AvgIpc) is 3.38. The first-order chi connectivity index (χ1) is 13.7. The van der Waals surface area contributed by atoms with Gasteiger partial charge < -0.3 is 14.8 Å². The summed E-state index contributed by atoms with van der Waals surface area (Å²) in [6.07, 6.45) is 3.96. The molecule has 3 aromatic rings. The molecule has 0 saturated heterocycles. The van der Waals surface area contributed by atoms with Crippen molar-refractivity contribution in [3.63, 3.8) is 0 Å². The fourth-order valence-electron chi connectivity index (χ4n) is 2.75. The van der Waals surface area contributed by atoms with Gasteiger partial charge in [0.15, 0.2) is 0 Å². The van der Waals surface area contributed by atoms with E-state index in [1.54, 1.807) is 36.4 Å². The lowest BCUT2D eigenvalue weighted by atomic mass is 10.2. The van der Waals surface area contributed by atoms with Crippen molar-refractivity contribution in [2.24, 2.45) is 0 Å². The largest absolute Gasteiger partial charge is 0.383 e. The van der Waals surface area contributed by atoms with Gasteiger partial charge in [-0.1, -0.05) is 13.0 Å². The molecule has 0 bridgehead atoms. The van der Waals surface area contributed by atoms with Crippen molar-refractivity contribution >= 4 is 17.2 Å². The third-order valence-electron chi connectivity index (χ3n) is 4.20. The Morgan fingerprint density at radius 2 is 2.18 bits per heavy atom. The van der Waals surface area contributed by atoms with Crippen molar-refractivity contribution in [3.05, 3.63) is 47.2 Å². The van der Waals surface area contributed by atoms with E-state index in [0.29, 0.717) is 23.8 Å². The number of rotatable bonds is 9. The summed E-state index contributed by atoms with van der Waals surface area (Å²) in [5.41, 5.74) is 1.83. The van der Waals surface area contributed by atoms with Crippen LogP contribution in [0.25, 0.3) is 16.5 Å². The summed E-state index contributed by atoms with van der Waals surface area (Å²) < 4.78 is 12.0. The number of carbonyl (C=O) groups is 1. The minimum Gasteiger partial charge on any atom is -0.383 e. The van der Waals surface area contributed by atoms with Crippen LogP contribution in [0.15, 0.2) is 36.0 Å². The molecule has 9 heteroatoms. The van der Waals surface area contributed by atoms with Crippen molar-refractivity contribution in [2.45, 2.75) is 26.0 Å². The maximum atomic E-state index is 12.8. The first-order valence-electron chi connectivity index (χ1n) is 8.90. The molecule has 0 fully saturated rings. The summed E-state index contributed by atoms with van der Waals surface area (Å²) in [5, 5.41) is 9.31. The van der Waals surface area contributed by atoms with Crippen LogP contribution in [0.1, 0.15) is 29.4 Å². The Labute approximate surface area is 167 Å². The lowest BCUT2D eigenvalue weighted by molar-refractivity contribution is 0.0889. The van der Waals surface area contributed by atoms with Gasteiger partial charge >= 0.3 is 0 Å². The number of carbonyl (C=O) groups excluding carboxylic acids is 1. The minimum absolute atomic E-state index is 0.0744. The lowest BCUT2D eigenvalue weighted by Gasteiger charge is -2.16. The summed E-state index contributed by atoms with van der Waals surface area (Å²) in [6.45, 7) is 2.64. The van der Waals surface area contributed by atoms with Crippen molar-refractivity contribution < 1.29 is 14.3 Å². The van der Waals surface area contributed by atoms with E-state index in [4.69, 9.17) is 9.47 Å². The fourth-order valence-corrected chi connectivity index (χ4v) is 3.44. The van der Waals surface area contributed by atoms with Gasteiger partial charge in [0, 0.05) is 20.4 Å². The molecule has 0 aliphatic heterocycles. The lowest BCUT2D eigenvalue weighted by Crippen LogP contribution is -2.37. The Morgan fingerprint density at radius 3 is 2.86 bits per heavy atom. The number of aromatic nitrogens is 4. The second-order valence-electron chi connectivity index (χ2n) is 6.10. The molecule has 3 rings (SSSR count). The van der Waals surface area contributed by atoms with Crippen LogP contribution in [0.2, 0.25) is 0 Å². The minimum atomic E-state index is -0.225. The molecule has 8 nitrogen and oxygen atoms in total. The predicted molar refractivity (Wildman–Crippen MR) is 107 cm³/mol. The molecular formula is C19H23N5O3S. The molecule has 0 aliphatic carbocycles. The van der Waals surface area contributed by atoms with Gasteiger partial charge in [0.05, 0.1) is 47.3 Å². The molecule has 0 radical (unpaired) electrons. The van der Waals surface area contributed by atoms with E-state index in [1.165, 1.54) is 6.20 Å². The van der Waals surface area contributed by atoms with E-state index >= 15 is 0 Å². The molecule has 1 amide bonds. The summed E-state index contributed by atoms with van der Waals surface area (Å²) >= 11 is 1.60. The first-order valence-corrected chi connectivity index (χ1v) is 9.78. The topological polar surface area (TPSA) is 91.2 Å². The quantitative estimate of drug-likeness (QED) is 0.593. The monoisotopic (exact) mass is 401 g/mol. The molecule has 0 aromatic carbocycles. The predicted octanol–water partition coefficient (Wildman–Crippen LogP) is 2.69. The SMILES string of the molecule is CCC(COC)NC(=O)c1cnn(-c2nccc(-c3cccs3)n2)c1COC. The molecule has 28 heavy (non-hydrogen) atoms. The highest BCUT2D eigenvalue weighted by molar-refractivity contribution is 7.13. The number of hydrogen-bond donors (Lipinski definition) is 1. The third kappa shape index (κ3) is 4.44. The molecule has 3 aromatic heterocycles. The first kappa shape index (κ1) is 20.1. The zero-order valence-electron chi connectivity index (χ0n) is 16.1. The van der Waals surface area contributed by atoms with Crippen molar-refractivity contribution in [3.8, 4) is 16.5 Å². The highest BCUT2D eigenvalue weighted by atomic mass is 32.1. The fraction of sp³-hybridized carbons (Fsp3) is 0.368. The smallest absolute Gasteiger partial charge is 0.255 e. The summed E-state index contributed by atoms with van der Waals surface area (Å²) in [4.78, 5) is 22.7.